The third-order valence-corrected chi connectivity index (χ3v) is 5.35. The molecule has 0 saturated carbocycles. The van der Waals surface area contributed by atoms with Crippen LogP contribution >= 0.6 is 0 Å². The van der Waals surface area contributed by atoms with Gasteiger partial charge < -0.3 is 10.1 Å². The largest absolute Gasteiger partial charge is 0.381 e. The lowest BCUT2D eigenvalue weighted by Gasteiger charge is -2.44. The number of nitrogens with one attached hydrogen (secondary N) is 1. The minimum atomic E-state index is 0.688. The molecule has 0 aromatic heterocycles. The normalized spacial score (nSPS) is 31.4. The van der Waals surface area contributed by atoms with E-state index in [9.17, 15) is 0 Å². The molecule has 0 aromatic rings. The molecule has 0 aromatic carbocycles. The molecular formula is C17H34N2O. The summed E-state index contributed by atoms with van der Waals surface area (Å²) in [5.74, 6) is 1.65. The van der Waals surface area contributed by atoms with Gasteiger partial charge in [0, 0.05) is 44.9 Å². The molecule has 2 fully saturated rings. The number of rotatable bonds is 6. The van der Waals surface area contributed by atoms with Crippen molar-refractivity contribution in [3.63, 3.8) is 0 Å². The van der Waals surface area contributed by atoms with E-state index in [4.69, 9.17) is 4.74 Å². The molecule has 1 N–H and O–H groups in total. The van der Waals surface area contributed by atoms with Crippen molar-refractivity contribution in [1.29, 1.82) is 0 Å². The van der Waals surface area contributed by atoms with Gasteiger partial charge in [0.15, 0.2) is 0 Å². The van der Waals surface area contributed by atoms with Gasteiger partial charge in [0.1, 0.15) is 0 Å². The predicted octanol–water partition coefficient (Wildman–Crippen LogP) is 2.90. The van der Waals surface area contributed by atoms with Crippen LogP contribution in [0.1, 0.15) is 52.9 Å². The Balaban J connectivity index is 1.91. The third kappa shape index (κ3) is 4.44. The lowest BCUT2D eigenvalue weighted by atomic mass is 9.92. The van der Waals surface area contributed by atoms with Gasteiger partial charge in [0.25, 0.3) is 0 Å². The zero-order valence-electron chi connectivity index (χ0n) is 13.7. The Morgan fingerprint density at radius 2 is 2.00 bits per heavy atom. The highest BCUT2D eigenvalue weighted by atomic mass is 16.5. The standard InChI is InChI=1S/C17H34N2O/c1-4-6-16-11-18-17(14(3)5-2)13-19(16)12-15-7-9-20-10-8-15/h14-18H,4-13H2,1-3H3. The Morgan fingerprint density at radius 3 is 2.65 bits per heavy atom. The molecule has 2 aliphatic rings. The summed E-state index contributed by atoms with van der Waals surface area (Å²) in [6.45, 7) is 12.7. The molecule has 2 saturated heterocycles. The molecule has 3 unspecified atom stereocenters. The second-order valence-electron chi connectivity index (χ2n) is 6.85. The van der Waals surface area contributed by atoms with Crippen molar-refractivity contribution in [2.45, 2.75) is 65.0 Å². The van der Waals surface area contributed by atoms with Crippen LogP contribution < -0.4 is 5.32 Å². The van der Waals surface area contributed by atoms with Crippen molar-refractivity contribution in [3.8, 4) is 0 Å². The van der Waals surface area contributed by atoms with Crippen molar-refractivity contribution in [3.05, 3.63) is 0 Å². The van der Waals surface area contributed by atoms with Crippen molar-refractivity contribution < 1.29 is 4.74 Å². The fourth-order valence-electron chi connectivity index (χ4n) is 3.65. The molecule has 2 heterocycles. The summed E-state index contributed by atoms with van der Waals surface area (Å²) >= 11 is 0. The molecule has 0 bridgehead atoms. The second kappa shape index (κ2) is 8.35. The van der Waals surface area contributed by atoms with Crippen molar-refractivity contribution in [2.24, 2.45) is 11.8 Å². The van der Waals surface area contributed by atoms with Crippen LogP contribution in [0.25, 0.3) is 0 Å². The van der Waals surface area contributed by atoms with Gasteiger partial charge in [-0.15, -0.1) is 0 Å². The van der Waals surface area contributed by atoms with Gasteiger partial charge in [-0.05, 0) is 31.1 Å². The van der Waals surface area contributed by atoms with Gasteiger partial charge in [-0.1, -0.05) is 33.6 Å². The van der Waals surface area contributed by atoms with E-state index in [1.807, 2.05) is 0 Å². The highest BCUT2D eigenvalue weighted by Crippen LogP contribution is 2.23. The monoisotopic (exact) mass is 282 g/mol. The van der Waals surface area contributed by atoms with Crippen LogP contribution in [0.5, 0.6) is 0 Å². The molecule has 2 rings (SSSR count). The van der Waals surface area contributed by atoms with Crippen LogP contribution in [0.15, 0.2) is 0 Å². The highest BCUT2D eigenvalue weighted by molar-refractivity contribution is 4.89. The quantitative estimate of drug-likeness (QED) is 0.811. The summed E-state index contributed by atoms with van der Waals surface area (Å²) in [5, 5.41) is 3.81. The van der Waals surface area contributed by atoms with Crippen LogP contribution in [0, 0.1) is 11.8 Å². The molecule has 0 spiro atoms. The van der Waals surface area contributed by atoms with Gasteiger partial charge in [0.05, 0.1) is 0 Å². The molecular weight excluding hydrogens is 248 g/mol. The maximum atomic E-state index is 5.51. The van der Waals surface area contributed by atoms with E-state index in [0.717, 1.165) is 31.1 Å². The lowest BCUT2D eigenvalue weighted by Crippen LogP contribution is -2.59. The van der Waals surface area contributed by atoms with E-state index in [1.54, 1.807) is 0 Å². The van der Waals surface area contributed by atoms with E-state index in [1.165, 1.54) is 51.7 Å². The van der Waals surface area contributed by atoms with Gasteiger partial charge in [-0.3, -0.25) is 4.90 Å². The molecule has 3 heteroatoms. The van der Waals surface area contributed by atoms with E-state index in [-0.39, 0.29) is 0 Å². The molecule has 0 radical (unpaired) electrons. The molecule has 118 valence electrons. The summed E-state index contributed by atoms with van der Waals surface area (Å²) in [5.41, 5.74) is 0. The first kappa shape index (κ1) is 16.3. The molecule has 3 nitrogen and oxygen atoms in total. The zero-order chi connectivity index (χ0) is 14.4. The Labute approximate surface area is 125 Å². The molecule has 3 atom stereocenters. The van der Waals surface area contributed by atoms with E-state index in [0.29, 0.717) is 6.04 Å². The first-order valence-electron chi connectivity index (χ1n) is 8.79. The molecule has 0 aliphatic carbocycles. The first-order chi connectivity index (χ1) is 9.74. The maximum absolute atomic E-state index is 5.51. The van der Waals surface area contributed by atoms with Gasteiger partial charge in [0.2, 0.25) is 0 Å². The fraction of sp³-hybridized carbons (Fsp3) is 1.00. The summed E-state index contributed by atoms with van der Waals surface area (Å²) < 4.78 is 5.51. The van der Waals surface area contributed by atoms with Crippen LogP contribution in [0.2, 0.25) is 0 Å². The number of ether oxygens (including phenoxy) is 1. The van der Waals surface area contributed by atoms with E-state index < -0.39 is 0 Å². The topological polar surface area (TPSA) is 24.5 Å². The van der Waals surface area contributed by atoms with Crippen LogP contribution in [-0.2, 0) is 4.74 Å². The van der Waals surface area contributed by atoms with Crippen molar-refractivity contribution in [2.75, 3.05) is 32.8 Å². The highest BCUT2D eigenvalue weighted by Gasteiger charge is 2.31. The van der Waals surface area contributed by atoms with Gasteiger partial charge >= 0.3 is 0 Å². The van der Waals surface area contributed by atoms with E-state index in [2.05, 4.69) is 31.0 Å². The Kier molecular flexibility index (Phi) is 6.79. The average Bonchev–Trinajstić information content (AvgIpc) is 2.49. The zero-order valence-corrected chi connectivity index (χ0v) is 13.7. The second-order valence-corrected chi connectivity index (χ2v) is 6.85. The number of hydrogen-bond acceptors (Lipinski definition) is 3. The summed E-state index contributed by atoms with van der Waals surface area (Å²) in [6.07, 6.45) is 6.43. The van der Waals surface area contributed by atoms with Crippen LogP contribution in [0.4, 0.5) is 0 Å². The number of nitrogens with zero attached hydrogens (tertiary/aromatic N) is 1. The minimum Gasteiger partial charge on any atom is -0.381 e. The van der Waals surface area contributed by atoms with Crippen molar-refractivity contribution >= 4 is 0 Å². The molecule has 2 aliphatic heterocycles. The Morgan fingerprint density at radius 1 is 1.25 bits per heavy atom. The SMILES string of the molecule is CCCC1CNC(C(C)CC)CN1CC1CCOCC1. The first-order valence-corrected chi connectivity index (χ1v) is 8.79. The number of piperazine rings is 1. The minimum absolute atomic E-state index is 0.688. The molecule has 0 amide bonds. The summed E-state index contributed by atoms with van der Waals surface area (Å²) in [6, 6.07) is 1.44. The van der Waals surface area contributed by atoms with E-state index >= 15 is 0 Å². The summed E-state index contributed by atoms with van der Waals surface area (Å²) in [7, 11) is 0. The summed E-state index contributed by atoms with van der Waals surface area (Å²) in [4.78, 5) is 2.80. The van der Waals surface area contributed by atoms with Gasteiger partial charge in [-0.25, -0.2) is 0 Å². The predicted molar refractivity (Wildman–Crippen MR) is 85.1 cm³/mol. The Hall–Kier alpha value is -0.120. The fourth-order valence-corrected chi connectivity index (χ4v) is 3.65. The van der Waals surface area contributed by atoms with Crippen molar-refractivity contribution in [1.82, 2.24) is 10.2 Å². The number of hydrogen-bond donors (Lipinski definition) is 1. The third-order valence-electron chi connectivity index (χ3n) is 5.35. The smallest absolute Gasteiger partial charge is 0.0469 e. The van der Waals surface area contributed by atoms with Crippen LogP contribution in [0.3, 0.4) is 0 Å². The Bertz CT molecular complexity index is 264. The average molecular weight is 282 g/mol. The molecule has 20 heavy (non-hydrogen) atoms. The van der Waals surface area contributed by atoms with Gasteiger partial charge in [-0.2, -0.15) is 0 Å². The lowest BCUT2D eigenvalue weighted by molar-refractivity contribution is 0.0299. The maximum Gasteiger partial charge on any atom is 0.0469 e. The van der Waals surface area contributed by atoms with Crippen LogP contribution in [-0.4, -0.2) is 49.8 Å².